The maximum atomic E-state index is 11.7. The Balaban J connectivity index is 1.67. The Morgan fingerprint density at radius 1 is 1.37 bits per heavy atom. The zero-order chi connectivity index (χ0) is 13.7. The van der Waals surface area contributed by atoms with Crippen LogP contribution in [-0.4, -0.2) is 24.4 Å². The lowest BCUT2D eigenvalue weighted by molar-refractivity contribution is -0.122. The van der Waals surface area contributed by atoms with Gasteiger partial charge in [-0.05, 0) is 25.3 Å². The fraction of sp³-hybridized carbons (Fsp3) is 0.467. The number of carbonyl (C=O) groups is 2. The third-order valence-corrected chi connectivity index (χ3v) is 3.39. The van der Waals surface area contributed by atoms with E-state index in [9.17, 15) is 9.59 Å². The van der Waals surface area contributed by atoms with Gasteiger partial charge in [0.15, 0.2) is 0 Å². The Labute approximate surface area is 113 Å². The number of hydrogen-bond acceptors (Lipinski definition) is 2. The lowest BCUT2D eigenvalue weighted by atomic mass is 10.1. The van der Waals surface area contributed by atoms with Gasteiger partial charge in [0.05, 0.1) is 0 Å². The molecule has 1 unspecified atom stereocenters. The van der Waals surface area contributed by atoms with E-state index in [2.05, 4.69) is 34.9 Å². The minimum Gasteiger partial charge on any atom is -0.354 e. The van der Waals surface area contributed by atoms with E-state index in [0.29, 0.717) is 19.4 Å². The monoisotopic (exact) mass is 260 g/mol. The summed E-state index contributed by atoms with van der Waals surface area (Å²) in [5.41, 5.74) is 2.40. The second-order valence-corrected chi connectivity index (χ2v) is 5.09. The molecule has 1 aromatic carbocycles. The second kappa shape index (κ2) is 6.36. The van der Waals surface area contributed by atoms with Crippen molar-refractivity contribution in [2.45, 2.75) is 38.6 Å². The van der Waals surface area contributed by atoms with Crippen molar-refractivity contribution in [1.82, 2.24) is 10.6 Å². The zero-order valence-electron chi connectivity index (χ0n) is 11.2. The average molecular weight is 260 g/mol. The third kappa shape index (κ3) is 4.39. The Hall–Kier alpha value is -1.84. The summed E-state index contributed by atoms with van der Waals surface area (Å²) in [6.45, 7) is 2.59. The summed E-state index contributed by atoms with van der Waals surface area (Å²) in [4.78, 5) is 22.7. The van der Waals surface area contributed by atoms with Gasteiger partial charge in [-0.3, -0.25) is 9.59 Å². The molecule has 2 amide bonds. The van der Waals surface area contributed by atoms with Crippen LogP contribution in [-0.2, 0) is 16.0 Å². The maximum Gasteiger partial charge on any atom is 0.220 e. The molecule has 4 heteroatoms. The molecule has 0 aliphatic carbocycles. The number of carbonyl (C=O) groups excluding carboxylic acids is 2. The van der Waals surface area contributed by atoms with Gasteiger partial charge >= 0.3 is 0 Å². The fourth-order valence-electron chi connectivity index (χ4n) is 2.17. The fourth-order valence-corrected chi connectivity index (χ4v) is 2.17. The number of rotatable bonds is 5. The van der Waals surface area contributed by atoms with E-state index in [-0.39, 0.29) is 17.9 Å². The van der Waals surface area contributed by atoms with Crippen LogP contribution in [0.25, 0.3) is 0 Å². The van der Waals surface area contributed by atoms with Crippen molar-refractivity contribution in [3.63, 3.8) is 0 Å². The summed E-state index contributed by atoms with van der Waals surface area (Å²) in [6, 6.07) is 8.33. The zero-order valence-corrected chi connectivity index (χ0v) is 11.2. The van der Waals surface area contributed by atoms with E-state index < -0.39 is 0 Å². The predicted molar refractivity (Wildman–Crippen MR) is 73.7 cm³/mol. The van der Waals surface area contributed by atoms with Crippen molar-refractivity contribution in [2.24, 2.45) is 0 Å². The summed E-state index contributed by atoms with van der Waals surface area (Å²) in [7, 11) is 0. The largest absolute Gasteiger partial charge is 0.354 e. The first-order valence-electron chi connectivity index (χ1n) is 6.75. The van der Waals surface area contributed by atoms with Gasteiger partial charge in [0, 0.05) is 25.4 Å². The normalized spacial score (nSPS) is 18.2. The summed E-state index contributed by atoms with van der Waals surface area (Å²) in [5, 5.41) is 5.71. The molecule has 1 aliphatic rings. The van der Waals surface area contributed by atoms with Gasteiger partial charge < -0.3 is 10.6 Å². The Bertz CT molecular complexity index is 454. The van der Waals surface area contributed by atoms with Gasteiger partial charge in [0.1, 0.15) is 0 Å². The molecular formula is C15H20N2O2. The average Bonchev–Trinajstić information content (AvgIpc) is 2.81. The number of nitrogens with one attached hydrogen (secondary N) is 2. The smallest absolute Gasteiger partial charge is 0.220 e. The van der Waals surface area contributed by atoms with Crippen molar-refractivity contribution in [3.8, 4) is 0 Å². The first-order chi connectivity index (χ1) is 9.13. The molecule has 1 saturated heterocycles. The van der Waals surface area contributed by atoms with E-state index in [1.165, 1.54) is 11.1 Å². The van der Waals surface area contributed by atoms with Crippen molar-refractivity contribution < 1.29 is 9.59 Å². The Kier molecular flexibility index (Phi) is 4.55. The Morgan fingerprint density at radius 2 is 2.11 bits per heavy atom. The highest BCUT2D eigenvalue weighted by atomic mass is 16.2. The topological polar surface area (TPSA) is 58.2 Å². The summed E-state index contributed by atoms with van der Waals surface area (Å²) in [6.07, 6.45) is 2.63. The highest BCUT2D eigenvalue weighted by Gasteiger charge is 2.20. The van der Waals surface area contributed by atoms with Crippen LogP contribution >= 0.6 is 0 Å². The molecule has 1 aliphatic heterocycles. The molecule has 0 aromatic heterocycles. The van der Waals surface area contributed by atoms with Gasteiger partial charge in [0.2, 0.25) is 11.8 Å². The highest BCUT2D eigenvalue weighted by molar-refractivity contribution is 5.79. The van der Waals surface area contributed by atoms with E-state index in [1.807, 2.05) is 6.92 Å². The lowest BCUT2D eigenvalue weighted by Crippen LogP contribution is -2.38. The van der Waals surface area contributed by atoms with Gasteiger partial charge in [-0.1, -0.05) is 29.8 Å². The molecule has 0 spiro atoms. The molecule has 1 aromatic rings. The SMILES string of the molecule is Cc1ccc(CCC(=O)NCC2CCC(=O)N2)cc1. The summed E-state index contributed by atoms with van der Waals surface area (Å²) in [5.74, 6) is 0.126. The third-order valence-electron chi connectivity index (χ3n) is 3.39. The molecule has 1 fully saturated rings. The maximum absolute atomic E-state index is 11.7. The molecular weight excluding hydrogens is 240 g/mol. The van der Waals surface area contributed by atoms with Crippen molar-refractivity contribution in [2.75, 3.05) is 6.54 Å². The minimum absolute atomic E-state index is 0.0433. The van der Waals surface area contributed by atoms with Gasteiger partial charge in [0.25, 0.3) is 0 Å². The van der Waals surface area contributed by atoms with Crippen LogP contribution < -0.4 is 10.6 Å². The van der Waals surface area contributed by atoms with Gasteiger partial charge in [-0.2, -0.15) is 0 Å². The van der Waals surface area contributed by atoms with Crippen LogP contribution in [0.4, 0.5) is 0 Å². The lowest BCUT2D eigenvalue weighted by Gasteiger charge is -2.11. The van der Waals surface area contributed by atoms with Crippen molar-refractivity contribution in [1.29, 1.82) is 0 Å². The molecule has 2 rings (SSSR count). The first-order valence-corrected chi connectivity index (χ1v) is 6.75. The van der Waals surface area contributed by atoms with Gasteiger partial charge in [-0.15, -0.1) is 0 Å². The van der Waals surface area contributed by atoms with E-state index in [4.69, 9.17) is 0 Å². The molecule has 4 nitrogen and oxygen atoms in total. The molecule has 19 heavy (non-hydrogen) atoms. The highest BCUT2D eigenvalue weighted by Crippen LogP contribution is 2.07. The molecule has 102 valence electrons. The number of hydrogen-bond donors (Lipinski definition) is 2. The minimum atomic E-state index is 0.0433. The van der Waals surface area contributed by atoms with Crippen LogP contribution in [0.15, 0.2) is 24.3 Å². The first kappa shape index (κ1) is 13.6. The van der Waals surface area contributed by atoms with Gasteiger partial charge in [-0.25, -0.2) is 0 Å². The van der Waals surface area contributed by atoms with E-state index in [0.717, 1.165) is 12.8 Å². The van der Waals surface area contributed by atoms with Crippen molar-refractivity contribution in [3.05, 3.63) is 35.4 Å². The van der Waals surface area contributed by atoms with Crippen LogP contribution in [0, 0.1) is 6.92 Å². The quantitative estimate of drug-likeness (QED) is 0.839. The van der Waals surface area contributed by atoms with Crippen LogP contribution in [0.3, 0.4) is 0 Å². The molecule has 1 heterocycles. The number of benzene rings is 1. The molecule has 0 radical (unpaired) electrons. The summed E-state index contributed by atoms with van der Waals surface area (Å²) >= 11 is 0. The second-order valence-electron chi connectivity index (χ2n) is 5.09. The van der Waals surface area contributed by atoms with E-state index in [1.54, 1.807) is 0 Å². The molecule has 1 atom stereocenters. The van der Waals surface area contributed by atoms with E-state index >= 15 is 0 Å². The van der Waals surface area contributed by atoms with Crippen molar-refractivity contribution >= 4 is 11.8 Å². The van der Waals surface area contributed by atoms with Crippen LogP contribution in [0.1, 0.15) is 30.4 Å². The Morgan fingerprint density at radius 3 is 2.74 bits per heavy atom. The molecule has 0 saturated carbocycles. The van der Waals surface area contributed by atoms with Crippen LogP contribution in [0.5, 0.6) is 0 Å². The number of amides is 2. The molecule has 2 N–H and O–H groups in total. The standard InChI is InChI=1S/C15H20N2O2/c1-11-2-4-12(5-3-11)6-8-14(18)16-10-13-7-9-15(19)17-13/h2-5,13H,6-10H2,1H3,(H,16,18)(H,17,19). The number of aryl methyl sites for hydroxylation is 2. The summed E-state index contributed by atoms with van der Waals surface area (Å²) < 4.78 is 0. The van der Waals surface area contributed by atoms with Crippen LogP contribution in [0.2, 0.25) is 0 Å². The molecule has 0 bridgehead atoms. The predicted octanol–water partition coefficient (Wildman–Crippen LogP) is 1.32.